The maximum atomic E-state index is 12.6. The van der Waals surface area contributed by atoms with Crippen molar-refractivity contribution in [3.63, 3.8) is 0 Å². The number of hydrogen-bond donors (Lipinski definition) is 1. The van der Waals surface area contributed by atoms with E-state index in [2.05, 4.69) is 24.3 Å². The maximum absolute atomic E-state index is 12.6. The minimum Gasteiger partial charge on any atom is -0.494 e. The molecule has 0 radical (unpaired) electrons. The van der Waals surface area contributed by atoms with Crippen LogP contribution < -0.4 is 10.1 Å². The van der Waals surface area contributed by atoms with Crippen LogP contribution in [-0.2, 0) is 9.84 Å². The van der Waals surface area contributed by atoms with Gasteiger partial charge in [0.25, 0.3) is 5.91 Å². The van der Waals surface area contributed by atoms with Gasteiger partial charge in [0.2, 0.25) is 0 Å². The number of carbonyl (C=O) groups excluding carboxylic acids is 1. The molecule has 1 aliphatic heterocycles. The SMILES string of the molecule is Cc1cc(NC(=O)c2ccc(OCCC(C)C)cc2)n(C2CCS(=O)(=O)C2)n1. The smallest absolute Gasteiger partial charge is 0.256 e. The first-order valence-corrected chi connectivity index (χ1v) is 11.4. The molecular weight excluding hydrogens is 378 g/mol. The van der Waals surface area contributed by atoms with Crippen LogP contribution in [0.4, 0.5) is 5.82 Å². The van der Waals surface area contributed by atoms with Gasteiger partial charge in [-0.15, -0.1) is 0 Å². The van der Waals surface area contributed by atoms with Gasteiger partial charge in [-0.2, -0.15) is 5.10 Å². The molecule has 1 aliphatic rings. The van der Waals surface area contributed by atoms with Crippen LogP contribution in [0.3, 0.4) is 0 Å². The zero-order valence-corrected chi connectivity index (χ0v) is 17.3. The number of rotatable bonds is 7. The average molecular weight is 406 g/mol. The van der Waals surface area contributed by atoms with Gasteiger partial charge in [-0.1, -0.05) is 13.8 Å². The van der Waals surface area contributed by atoms with Crippen molar-refractivity contribution >= 4 is 21.6 Å². The number of ether oxygens (including phenoxy) is 1. The highest BCUT2D eigenvalue weighted by Gasteiger charge is 2.31. The molecule has 1 aromatic carbocycles. The van der Waals surface area contributed by atoms with Crippen LogP contribution in [0.2, 0.25) is 0 Å². The van der Waals surface area contributed by atoms with Gasteiger partial charge < -0.3 is 10.1 Å². The summed E-state index contributed by atoms with van der Waals surface area (Å²) in [5, 5.41) is 7.24. The summed E-state index contributed by atoms with van der Waals surface area (Å²) < 4.78 is 30.9. The lowest BCUT2D eigenvalue weighted by molar-refractivity contribution is 0.102. The Hall–Kier alpha value is -2.35. The standard InChI is InChI=1S/C20H27N3O4S/c1-14(2)8-10-27-18-6-4-16(5-7-18)20(24)21-19-12-15(3)22-23(19)17-9-11-28(25,26)13-17/h4-7,12,14,17H,8-11,13H2,1-3H3,(H,21,24). The van der Waals surface area contributed by atoms with Gasteiger partial charge in [0.05, 0.1) is 29.8 Å². The zero-order valence-electron chi connectivity index (χ0n) is 16.5. The molecule has 1 aromatic heterocycles. The van der Waals surface area contributed by atoms with Gasteiger partial charge in [0.15, 0.2) is 9.84 Å². The lowest BCUT2D eigenvalue weighted by Gasteiger charge is -2.14. The van der Waals surface area contributed by atoms with E-state index in [0.29, 0.717) is 30.3 Å². The molecule has 152 valence electrons. The fourth-order valence-electron chi connectivity index (χ4n) is 3.16. The molecule has 28 heavy (non-hydrogen) atoms. The number of aromatic nitrogens is 2. The molecule has 0 aliphatic carbocycles. The van der Waals surface area contributed by atoms with Crippen molar-refractivity contribution in [3.05, 3.63) is 41.6 Å². The monoisotopic (exact) mass is 405 g/mol. The number of amides is 1. The highest BCUT2D eigenvalue weighted by molar-refractivity contribution is 7.91. The Morgan fingerprint density at radius 1 is 1.32 bits per heavy atom. The van der Waals surface area contributed by atoms with Gasteiger partial charge in [-0.25, -0.2) is 13.1 Å². The topological polar surface area (TPSA) is 90.3 Å². The fraction of sp³-hybridized carbons (Fsp3) is 0.500. The number of nitrogens with zero attached hydrogens (tertiary/aromatic N) is 2. The van der Waals surface area contributed by atoms with E-state index in [1.165, 1.54) is 0 Å². The molecule has 1 fully saturated rings. The van der Waals surface area contributed by atoms with E-state index in [9.17, 15) is 13.2 Å². The molecule has 2 heterocycles. The van der Waals surface area contributed by atoms with E-state index in [-0.39, 0.29) is 23.5 Å². The first kappa shape index (κ1) is 20.4. The minimum atomic E-state index is -3.04. The highest BCUT2D eigenvalue weighted by Crippen LogP contribution is 2.27. The molecule has 1 N–H and O–H groups in total. The fourth-order valence-corrected chi connectivity index (χ4v) is 4.85. The number of benzene rings is 1. The number of aryl methyl sites for hydroxylation is 1. The molecule has 1 saturated heterocycles. The van der Waals surface area contributed by atoms with Gasteiger partial charge >= 0.3 is 0 Å². The Morgan fingerprint density at radius 3 is 2.64 bits per heavy atom. The number of carbonyl (C=O) groups is 1. The Labute approximate surface area is 166 Å². The van der Waals surface area contributed by atoms with E-state index >= 15 is 0 Å². The van der Waals surface area contributed by atoms with Crippen LogP contribution in [0.25, 0.3) is 0 Å². The lowest BCUT2D eigenvalue weighted by atomic mass is 10.1. The van der Waals surface area contributed by atoms with Crippen LogP contribution in [0.5, 0.6) is 5.75 Å². The number of sulfone groups is 1. The summed E-state index contributed by atoms with van der Waals surface area (Å²) in [5.41, 5.74) is 1.23. The van der Waals surface area contributed by atoms with Crippen molar-refractivity contribution in [2.45, 2.75) is 39.7 Å². The Balaban J connectivity index is 1.67. The Kier molecular flexibility index (Phi) is 6.07. The van der Waals surface area contributed by atoms with Crippen molar-refractivity contribution in [2.24, 2.45) is 5.92 Å². The molecule has 7 nitrogen and oxygen atoms in total. The minimum absolute atomic E-state index is 0.0550. The molecular formula is C20H27N3O4S. The largest absolute Gasteiger partial charge is 0.494 e. The van der Waals surface area contributed by atoms with Crippen LogP contribution in [-0.4, -0.2) is 42.2 Å². The van der Waals surface area contributed by atoms with Crippen molar-refractivity contribution in [2.75, 3.05) is 23.4 Å². The quantitative estimate of drug-likeness (QED) is 0.764. The molecule has 8 heteroatoms. The van der Waals surface area contributed by atoms with Gasteiger partial charge in [0, 0.05) is 11.6 Å². The van der Waals surface area contributed by atoms with Gasteiger partial charge in [-0.05, 0) is 49.9 Å². The van der Waals surface area contributed by atoms with E-state index in [1.54, 1.807) is 35.0 Å². The summed E-state index contributed by atoms with van der Waals surface area (Å²) in [6, 6.07) is 8.50. The number of nitrogens with one attached hydrogen (secondary N) is 1. The second kappa shape index (κ2) is 8.34. The third kappa shape index (κ3) is 5.13. The predicted molar refractivity (Wildman–Crippen MR) is 109 cm³/mol. The molecule has 0 saturated carbocycles. The molecule has 1 unspecified atom stereocenters. The third-order valence-corrected chi connectivity index (χ3v) is 6.48. The van der Waals surface area contributed by atoms with Crippen molar-refractivity contribution in [3.8, 4) is 5.75 Å². The lowest BCUT2D eigenvalue weighted by Crippen LogP contribution is -2.19. The first-order chi connectivity index (χ1) is 13.2. The average Bonchev–Trinajstić information content (AvgIpc) is 3.16. The molecule has 2 aromatic rings. The summed E-state index contributed by atoms with van der Waals surface area (Å²) in [7, 11) is -3.04. The normalized spacial score (nSPS) is 18.4. The summed E-state index contributed by atoms with van der Waals surface area (Å²) in [6.07, 6.45) is 1.48. The molecule has 0 spiro atoms. The van der Waals surface area contributed by atoms with Crippen LogP contribution >= 0.6 is 0 Å². The summed E-state index contributed by atoms with van der Waals surface area (Å²) in [5.74, 6) is 1.77. The van der Waals surface area contributed by atoms with E-state index < -0.39 is 9.84 Å². The molecule has 1 atom stereocenters. The second-order valence-corrected chi connectivity index (χ2v) is 9.91. The van der Waals surface area contributed by atoms with Crippen molar-refractivity contribution in [1.29, 1.82) is 0 Å². The summed E-state index contributed by atoms with van der Waals surface area (Å²) in [6.45, 7) is 6.75. The number of anilines is 1. The summed E-state index contributed by atoms with van der Waals surface area (Å²) in [4.78, 5) is 12.6. The van der Waals surface area contributed by atoms with E-state index in [4.69, 9.17) is 4.74 Å². The number of hydrogen-bond acceptors (Lipinski definition) is 5. The predicted octanol–water partition coefficient (Wildman–Crippen LogP) is 3.23. The third-order valence-electron chi connectivity index (χ3n) is 4.73. The second-order valence-electron chi connectivity index (χ2n) is 7.68. The van der Waals surface area contributed by atoms with Crippen molar-refractivity contribution < 1.29 is 17.9 Å². The van der Waals surface area contributed by atoms with Crippen LogP contribution in [0.1, 0.15) is 48.8 Å². The van der Waals surface area contributed by atoms with Gasteiger partial charge in [0.1, 0.15) is 11.6 Å². The molecule has 1 amide bonds. The Morgan fingerprint density at radius 2 is 2.04 bits per heavy atom. The van der Waals surface area contributed by atoms with E-state index in [0.717, 1.165) is 17.9 Å². The summed E-state index contributed by atoms with van der Waals surface area (Å²) >= 11 is 0. The zero-order chi connectivity index (χ0) is 20.3. The molecule has 3 rings (SSSR count). The Bertz CT molecular complexity index is 933. The molecule has 0 bridgehead atoms. The van der Waals surface area contributed by atoms with E-state index in [1.807, 2.05) is 6.92 Å². The first-order valence-electron chi connectivity index (χ1n) is 9.54. The highest BCUT2D eigenvalue weighted by atomic mass is 32.2. The van der Waals surface area contributed by atoms with Crippen molar-refractivity contribution in [1.82, 2.24) is 9.78 Å². The van der Waals surface area contributed by atoms with Gasteiger partial charge in [-0.3, -0.25) is 4.79 Å². The maximum Gasteiger partial charge on any atom is 0.256 e. The van der Waals surface area contributed by atoms with Crippen LogP contribution in [0, 0.1) is 12.8 Å². The van der Waals surface area contributed by atoms with Crippen LogP contribution in [0.15, 0.2) is 30.3 Å².